The summed E-state index contributed by atoms with van der Waals surface area (Å²) in [5.74, 6) is 0. The van der Waals surface area contributed by atoms with E-state index in [9.17, 15) is 4.57 Å². The van der Waals surface area contributed by atoms with Crippen LogP contribution < -0.4 is 16.1 Å². The van der Waals surface area contributed by atoms with Crippen LogP contribution in [0.15, 0.2) is 84.9 Å². The minimum Gasteiger partial charge on any atom is -0.280 e. The van der Waals surface area contributed by atoms with E-state index < -0.39 is 7.37 Å². The maximum absolute atomic E-state index is 13.6. The van der Waals surface area contributed by atoms with Gasteiger partial charge in [-0.3, -0.25) is 10.0 Å². The Morgan fingerprint density at radius 3 is 1.96 bits per heavy atom. The lowest BCUT2D eigenvalue weighted by Crippen LogP contribution is -2.20. The summed E-state index contributed by atoms with van der Waals surface area (Å²) >= 11 is 0. The Morgan fingerprint density at radius 2 is 1.42 bits per heavy atom. The normalized spacial score (nSPS) is 10.8. The third-order valence-corrected chi connectivity index (χ3v) is 5.78. The zero-order valence-corrected chi connectivity index (χ0v) is 13.7. The first-order valence-electron chi connectivity index (χ1n) is 7.38. The predicted molar refractivity (Wildman–Crippen MR) is 95.6 cm³/mol. The smallest absolute Gasteiger partial charge is 0.280 e. The number of nitrogens with zero attached hydrogens (tertiary/aromatic N) is 1. The maximum atomic E-state index is 13.6. The molecule has 0 spiro atoms. The van der Waals surface area contributed by atoms with Gasteiger partial charge in [-0.2, -0.15) is 5.26 Å². The lowest BCUT2D eigenvalue weighted by molar-refractivity contribution is 0.404. The van der Waals surface area contributed by atoms with Gasteiger partial charge in [-0.25, -0.2) is 4.62 Å². The van der Waals surface area contributed by atoms with Crippen LogP contribution in [0, 0.1) is 11.3 Å². The molecule has 4 nitrogen and oxygen atoms in total. The summed E-state index contributed by atoms with van der Waals surface area (Å²) in [6.07, 6.45) is 0. The molecule has 0 aliphatic rings. The van der Waals surface area contributed by atoms with Crippen molar-refractivity contribution in [1.29, 1.82) is 5.26 Å². The molecule has 0 radical (unpaired) electrons. The molecule has 24 heavy (non-hydrogen) atoms. The Balaban J connectivity index is 1.94. The molecule has 3 aromatic rings. The van der Waals surface area contributed by atoms with Crippen molar-refractivity contribution in [2.24, 2.45) is 0 Å². The highest BCUT2D eigenvalue weighted by Crippen LogP contribution is 2.44. The van der Waals surface area contributed by atoms with E-state index in [-0.39, 0.29) is 0 Å². The zero-order chi connectivity index (χ0) is 16.8. The lowest BCUT2D eigenvalue weighted by Gasteiger charge is -2.19. The van der Waals surface area contributed by atoms with Gasteiger partial charge in [-0.1, -0.05) is 42.5 Å². The van der Waals surface area contributed by atoms with Gasteiger partial charge in [0.1, 0.15) is 0 Å². The second kappa shape index (κ2) is 7.14. The Morgan fingerprint density at radius 1 is 0.833 bits per heavy atom. The predicted octanol–water partition coefficient (Wildman–Crippen LogP) is 3.83. The van der Waals surface area contributed by atoms with Crippen LogP contribution in [0.1, 0.15) is 5.56 Å². The quantitative estimate of drug-likeness (QED) is 0.569. The largest absolute Gasteiger partial charge is 0.283 e. The number of benzene rings is 3. The number of hydrogen-bond acceptors (Lipinski definition) is 4. The summed E-state index contributed by atoms with van der Waals surface area (Å²) in [5.41, 5.74) is 3.81. The molecule has 0 bridgehead atoms. The van der Waals surface area contributed by atoms with Crippen LogP contribution in [0.3, 0.4) is 0 Å². The van der Waals surface area contributed by atoms with Gasteiger partial charge in [0.25, 0.3) is 7.37 Å². The van der Waals surface area contributed by atoms with Gasteiger partial charge in [0.2, 0.25) is 0 Å². The number of rotatable bonds is 5. The molecule has 0 saturated carbocycles. The van der Waals surface area contributed by atoms with Crippen molar-refractivity contribution in [3.05, 3.63) is 90.5 Å². The van der Waals surface area contributed by atoms with Gasteiger partial charge in [0.15, 0.2) is 0 Å². The second-order valence-corrected chi connectivity index (χ2v) is 7.43. The Labute approximate surface area is 140 Å². The van der Waals surface area contributed by atoms with Crippen LogP contribution in [0.25, 0.3) is 0 Å². The second-order valence-electron chi connectivity index (χ2n) is 5.11. The third-order valence-electron chi connectivity index (χ3n) is 3.48. The molecule has 1 N–H and O–H groups in total. The molecule has 3 rings (SSSR count). The van der Waals surface area contributed by atoms with Gasteiger partial charge in [0, 0.05) is 10.6 Å². The van der Waals surface area contributed by atoms with Crippen LogP contribution in [0.5, 0.6) is 0 Å². The molecule has 0 aliphatic heterocycles. The molecular formula is C19H15N2O2P. The molecule has 0 aromatic heterocycles. The maximum Gasteiger partial charge on any atom is 0.283 e. The van der Waals surface area contributed by atoms with Crippen LogP contribution in [-0.2, 0) is 9.19 Å². The van der Waals surface area contributed by atoms with Crippen molar-refractivity contribution in [3.8, 4) is 6.07 Å². The van der Waals surface area contributed by atoms with Crippen molar-refractivity contribution in [1.82, 2.24) is 0 Å². The molecule has 0 amide bonds. The van der Waals surface area contributed by atoms with E-state index in [0.29, 0.717) is 21.9 Å². The monoisotopic (exact) mass is 334 g/mol. The summed E-state index contributed by atoms with van der Waals surface area (Å²) < 4.78 is 19.3. The highest BCUT2D eigenvalue weighted by molar-refractivity contribution is 7.74. The van der Waals surface area contributed by atoms with Crippen LogP contribution in [0.2, 0.25) is 0 Å². The fourth-order valence-corrected chi connectivity index (χ4v) is 4.14. The lowest BCUT2D eigenvalue weighted by atomic mass is 10.2. The van der Waals surface area contributed by atoms with E-state index in [1.54, 1.807) is 48.5 Å². The summed E-state index contributed by atoms with van der Waals surface area (Å²) in [7, 11) is -3.31. The Hall–Kier alpha value is -2.86. The standard InChI is InChI=1S/C19H15N2O2P/c20-15-16-8-7-9-17(14-16)21-23-24(22,18-10-3-1-4-11-18)19-12-5-2-6-13-19/h1-14,21H. The summed E-state index contributed by atoms with van der Waals surface area (Å²) in [6, 6.07) is 27.0. The third kappa shape index (κ3) is 3.38. The van der Waals surface area contributed by atoms with Crippen LogP contribution in [0.4, 0.5) is 5.69 Å². The molecule has 118 valence electrons. The molecular weight excluding hydrogens is 319 g/mol. The fourth-order valence-electron chi connectivity index (χ4n) is 2.27. The molecule has 3 aromatic carbocycles. The van der Waals surface area contributed by atoms with Crippen LogP contribution in [-0.4, -0.2) is 0 Å². The van der Waals surface area contributed by atoms with E-state index in [2.05, 4.69) is 11.5 Å². The SMILES string of the molecule is N#Cc1cccc(NOP(=O)(c2ccccc2)c2ccccc2)c1. The van der Waals surface area contributed by atoms with Crippen molar-refractivity contribution in [2.45, 2.75) is 0 Å². The summed E-state index contributed by atoms with van der Waals surface area (Å²) in [4.78, 5) is 0. The van der Waals surface area contributed by atoms with Gasteiger partial charge in [-0.15, -0.1) is 0 Å². The Kier molecular flexibility index (Phi) is 4.77. The first kappa shape index (κ1) is 16.0. The highest BCUT2D eigenvalue weighted by atomic mass is 31.2. The molecule has 0 aliphatic carbocycles. The molecule has 0 heterocycles. The van der Waals surface area contributed by atoms with E-state index >= 15 is 0 Å². The average Bonchev–Trinajstić information content (AvgIpc) is 2.67. The molecule has 0 fully saturated rings. The first-order valence-corrected chi connectivity index (χ1v) is 9.01. The van der Waals surface area contributed by atoms with Crippen LogP contribution >= 0.6 is 7.37 Å². The minimum absolute atomic E-state index is 0.498. The van der Waals surface area contributed by atoms with Crippen molar-refractivity contribution in [2.75, 3.05) is 5.48 Å². The van der Waals surface area contributed by atoms with E-state index in [4.69, 9.17) is 9.89 Å². The van der Waals surface area contributed by atoms with Gasteiger partial charge < -0.3 is 0 Å². The Bertz CT molecular complexity index is 862. The van der Waals surface area contributed by atoms with E-state index in [1.807, 2.05) is 36.4 Å². The number of nitrogens with one attached hydrogen (secondary N) is 1. The van der Waals surface area contributed by atoms with E-state index in [1.165, 1.54) is 0 Å². The molecule has 0 unspecified atom stereocenters. The van der Waals surface area contributed by atoms with Gasteiger partial charge in [-0.05, 0) is 42.5 Å². The molecule has 0 atom stereocenters. The molecule has 5 heteroatoms. The topological polar surface area (TPSA) is 62.1 Å². The summed E-state index contributed by atoms with van der Waals surface area (Å²) in [6.45, 7) is 0. The average molecular weight is 334 g/mol. The zero-order valence-electron chi connectivity index (χ0n) is 12.8. The summed E-state index contributed by atoms with van der Waals surface area (Å²) in [5, 5.41) is 10.2. The van der Waals surface area contributed by atoms with Crippen molar-refractivity contribution in [3.63, 3.8) is 0 Å². The highest BCUT2D eigenvalue weighted by Gasteiger charge is 2.29. The van der Waals surface area contributed by atoms with Gasteiger partial charge >= 0.3 is 0 Å². The molecule has 0 saturated heterocycles. The number of nitriles is 1. The van der Waals surface area contributed by atoms with Crippen molar-refractivity contribution >= 4 is 23.7 Å². The van der Waals surface area contributed by atoms with E-state index in [0.717, 1.165) is 0 Å². The fraction of sp³-hybridized carbons (Fsp3) is 0. The van der Waals surface area contributed by atoms with Crippen molar-refractivity contribution < 1.29 is 9.19 Å². The van der Waals surface area contributed by atoms with Gasteiger partial charge in [0.05, 0.1) is 17.3 Å². The first-order chi connectivity index (χ1) is 11.7. The minimum atomic E-state index is -3.31. The number of hydrogen-bond donors (Lipinski definition) is 1. The number of anilines is 1.